The predicted octanol–water partition coefficient (Wildman–Crippen LogP) is 0.574. The van der Waals surface area contributed by atoms with Crippen molar-refractivity contribution in [1.29, 1.82) is 0 Å². The number of para-hydroxylation sites is 1. The van der Waals surface area contributed by atoms with Crippen LogP contribution in [0.3, 0.4) is 0 Å². The van der Waals surface area contributed by atoms with Gasteiger partial charge in [-0.1, -0.05) is 18.2 Å². The first-order chi connectivity index (χ1) is 8.96. The van der Waals surface area contributed by atoms with Gasteiger partial charge in [0.15, 0.2) is 0 Å². The number of rotatable bonds is 5. The van der Waals surface area contributed by atoms with Crippen LogP contribution in [0.15, 0.2) is 24.3 Å². The first-order valence-electron chi connectivity index (χ1n) is 6.25. The standard InChI is InChI=1S/C13H18N2O3S/c1-19(17,18)8-4-7-14-13(16)12-9-10-5-2-3-6-11(10)15-12/h2-3,5-6,12,15H,4,7-9H2,1H3,(H,14,16). The number of hydrogen-bond donors (Lipinski definition) is 2. The molecule has 0 aliphatic carbocycles. The molecule has 19 heavy (non-hydrogen) atoms. The maximum Gasteiger partial charge on any atom is 0.242 e. The van der Waals surface area contributed by atoms with Gasteiger partial charge in [0.2, 0.25) is 5.91 Å². The summed E-state index contributed by atoms with van der Waals surface area (Å²) in [6.07, 6.45) is 2.32. The lowest BCUT2D eigenvalue weighted by atomic mass is 10.1. The van der Waals surface area contributed by atoms with Crippen LogP contribution in [0.5, 0.6) is 0 Å². The molecule has 0 spiro atoms. The molecule has 1 atom stereocenters. The van der Waals surface area contributed by atoms with Crippen LogP contribution in [0.4, 0.5) is 5.69 Å². The molecule has 0 radical (unpaired) electrons. The van der Waals surface area contributed by atoms with Crippen molar-refractivity contribution in [2.24, 2.45) is 0 Å². The summed E-state index contributed by atoms with van der Waals surface area (Å²) in [5.74, 6) is 0.0238. The van der Waals surface area contributed by atoms with Gasteiger partial charge in [0.05, 0.1) is 5.75 Å². The summed E-state index contributed by atoms with van der Waals surface area (Å²) in [5, 5.41) is 5.93. The van der Waals surface area contributed by atoms with Gasteiger partial charge in [-0.05, 0) is 18.1 Å². The molecule has 1 amide bonds. The summed E-state index contributed by atoms with van der Waals surface area (Å²) in [6.45, 7) is 0.389. The number of nitrogens with one attached hydrogen (secondary N) is 2. The van der Waals surface area contributed by atoms with Crippen molar-refractivity contribution in [3.05, 3.63) is 29.8 Å². The Labute approximate surface area is 113 Å². The van der Waals surface area contributed by atoms with Crippen LogP contribution in [0.25, 0.3) is 0 Å². The van der Waals surface area contributed by atoms with E-state index in [-0.39, 0.29) is 17.7 Å². The third kappa shape index (κ3) is 3.96. The maximum absolute atomic E-state index is 11.9. The van der Waals surface area contributed by atoms with Crippen LogP contribution in [-0.2, 0) is 21.1 Å². The average Bonchev–Trinajstić information content (AvgIpc) is 2.77. The minimum absolute atomic E-state index is 0.0790. The van der Waals surface area contributed by atoms with Gasteiger partial charge >= 0.3 is 0 Å². The molecule has 0 aromatic heterocycles. The van der Waals surface area contributed by atoms with E-state index in [1.54, 1.807) is 0 Å². The Bertz CT molecular complexity index is 544. The molecule has 1 aromatic rings. The molecule has 6 heteroatoms. The van der Waals surface area contributed by atoms with Crippen molar-refractivity contribution in [1.82, 2.24) is 5.32 Å². The van der Waals surface area contributed by atoms with Crippen molar-refractivity contribution in [2.75, 3.05) is 23.9 Å². The molecule has 0 saturated carbocycles. The fraction of sp³-hybridized carbons (Fsp3) is 0.462. The number of fused-ring (bicyclic) bond motifs is 1. The zero-order chi connectivity index (χ0) is 13.9. The van der Waals surface area contributed by atoms with Crippen molar-refractivity contribution >= 4 is 21.4 Å². The lowest BCUT2D eigenvalue weighted by Crippen LogP contribution is -2.39. The zero-order valence-corrected chi connectivity index (χ0v) is 11.7. The highest BCUT2D eigenvalue weighted by Gasteiger charge is 2.25. The van der Waals surface area contributed by atoms with E-state index in [0.29, 0.717) is 19.4 Å². The first-order valence-corrected chi connectivity index (χ1v) is 8.31. The highest BCUT2D eigenvalue weighted by Crippen LogP contribution is 2.24. The monoisotopic (exact) mass is 282 g/mol. The summed E-state index contributed by atoms with van der Waals surface area (Å²) in [6, 6.07) is 7.58. The molecule has 0 bridgehead atoms. The van der Waals surface area contributed by atoms with Gasteiger partial charge in [-0.3, -0.25) is 4.79 Å². The van der Waals surface area contributed by atoms with Crippen molar-refractivity contribution in [2.45, 2.75) is 18.9 Å². The molecule has 1 aliphatic heterocycles. The van der Waals surface area contributed by atoms with E-state index in [0.717, 1.165) is 11.3 Å². The van der Waals surface area contributed by atoms with Crippen molar-refractivity contribution in [3.63, 3.8) is 0 Å². The van der Waals surface area contributed by atoms with E-state index in [9.17, 15) is 13.2 Å². The molecule has 2 rings (SSSR count). The lowest BCUT2D eigenvalue weighted by Gasteiger charge is -2.11. The molecule has 1 aromatic carbocycles. The SMILES string of the molecule is CS(=O)(=O)CCCNC(=O)C1Cc2ccccc2N1. The molecular weight excluding hydrogens is 264 g/mol. The minimum Gasteiger partial charge on any atom is -0.373 e. The first kappa shape index (κ1) is 13.9. The van der Waals surface area contributed by atoms with Crippen LogP contribution in [-0.4, -0.2) is 38.9 Å². The molecule has 1 unspecified atom stereocenters. The average molecular weight is 282 g/mol. The van der Waals surface area contributed by atoms with E-state index in [1.807, 2.05) is 24.3 Å². The van der Waals surface area contributed by atoms with Gasteiger partial charge in [0, 0.05) is 24.9 Å². The summed E-state index contributed by atoms with van der Waals surface area (Å²) in [7, 11) is -2.95. The zero-order valence-electron chi connectivity index (χ0n) is 10.8. The molecule has 0 saturated heterocycles. The normalized spacial score (nSPS) is 17.6. The van der Waals surface area contributed by atoms with E-state index in [4.69, 9.17) is 0 Å². The molecule has 1 heterocycles. The number of benzene rings is 1. The number of carbonyl (C=O) groups excluding carboxylic acids is 1. The number of sulfone groups is 1. The van der Waals surface area contributed by atoms with Crippen LogP contribution < -0.4 is 10.6 Å². The van der Waals surface area contributed by atoms with Crippen LogP contribution in [0.1, 0.15) is 12.0 Å². The highest BCUT2D eigenvalue weighted by atomic mass is 32.2. The molecule has 104 valence electrons. The largest absolute Gasteiger partial charge is 0.373 e. The highest BCUT2D eigenvalue weighted by molar-refractivity contribution is 7.90. The Morgan fingerprint density at radius 3 is 2.84 bits per heavy atom. The Morgan fingerprint density at radius 2 is 2.16 bits per heavy atom. The third-order valence-electron chi connectivity index (χ3n) is 3.08. The smallest absolute Gasteiger partial charge is 0.242 e. The molecule has 5 nitrogen and oxygen atoms in total. The van der Waals surface area contributed by atoms with E-state index >= 15 is 0 Å². The molecular formula is C13H18N2O3S. The summed E-state index contributed by atoms with van der Waals surface area (Å²) >= 11 is 0. The van der Waals surface area contributed by atoms with Crippen LogP contribution in [0.2, 0.25) is 0 Å². The molecule has 2 N–H and O–H groups in total. The number of carbonyl (C=O) groups is 1. The van der Waals surface area contributed by atoms with E-state index in [2.05, 4.69) is 10.6 Å². The van der Waals surface area contributed by atoms with Gasteiger partial charge in [-0.2, -0.15) is 0 Å². The second-order valence-corrected chi connectivity index (χ2v) is 7.09. The summed E-state index contributed by atoms with van der Waals surface area (Å²) in [5.41, 5.74) is 2.14. The van der Waals surface area contributed by atoms with Crippen molar-refractivity contribution < 1.29 is 13.2 Å². The Kier molecular flexibility index (Phi) is 4.09. The molecule has 0 fully saturated rings. The minimum atomic E-state index is -2.95. The van der Waals surface area contributed by atoms with Gasteiger partial charge in [0.25, 0.3) is 0 Å². The quantitative estimate of drug-likeness (QED) is 0.774. The van der Waals surface area contributed by atoms with Gasteiger partial charge in [0.1, 0.15) is 15.9 Å². The Hall–Kier alpha value is -1.56. The summed E-state index contributed by atoms with van der Waals surface area (Å²) in [4.78, 5) is 11.9. The van der Waals surface area contributed by atoms with Gasteiger partial charge in [-0.15, -0.1) is 0 Å². The number of anilines is 1. The van der Waals surface area contributed by atoms with Crippen LogP contribution >= 0.6 is 0 Å². The second kappa shape index (κ2) is 5.61. The molecule has 1 aliphatic rings. The van der Waals surface area contributed by atoms with Gasteiger partial charge < -0.3 is 10.6 Å². The van der Waals surface area contributed by atoms with E-state index in [1.165, 1.54) is 6.26 Å². The van der Waals surface area contributed by atoms with Crippen LogP contribution in [0, 0.1) is 0 Å². The van der Waals surface area contributed by atoms with E-state index < -0.39 is 9.84 Å². The number of amides is 1. The summed E-state index contributed by atoms with van der Waals surface area (Å²) < 4.78 is 21.9. The Morgan fingerprint density at radius 1 is 1.42 bits per heavy atom. The van der Waals surface area contributed by atoms with Gasteiger partial charge in [-0.25, -0.2) is 8.42 Å². The Balaban J connectivity index is 1.77. The fourth-order valence-corrected chi connectivity index (χ4v) is 2.79. The second-order valence-electron chi connectivity index (χ2n) is 4.83. The fourth-order valence-electron chi connectivity index (χ4n) is 2.13. The number of hydrogen-bond acceptors (Lipinski definition) is 4. The predicted molar refractivity (Wildman–Crippen MR) is 74.9 cm³/mol. The third-order valence-corrected chi connectivity index (χ3v) is 4.11. The van der Waals surface area contributed by atoms with Crippen molar-refractivity contribution in [3.8, 4) is 0 Å². The maximum atomic E-state index is 11.9. The lowest BCUT2D eigenvalue weighted by molar-refractivity contribution is -0.121. The topological polar surface area (TPSA) is 75.3 Å².